The second-order valence-electron chi connectivity index (χ2n) is 12.8. The van der Waals surface area contributed by atoms with Gasteiger partial charge in [0.2, 0.25) is 0 Å². The summed E-state index contributed by atoms with van der Waals surface area (Å²) < 4.78 is 21.0. The minimum Gasteiger partial charge on any atom is -0.382 e. The molecule has 228 valence electrons. The minimum atomic E-state index is -0.740. The molecule has 0 radical (unpaired) electrons. The molecule has 2 aliphatic heterocycles. The zero-order valence-electron chi connectivity index (χ0n) is 25.6. The number of hydrogen-bond donors (Lipinski definition) is 3. The monoisotopic (exact) mass is 580 g/mol. The number of ether oxygens (including phenoxy) is 3. The molecule has 0 spiro atoms. The molecule has 3 aromatic rings. The first kappa shape index (κ1) is 30.1. The van der Waals surface area contributed by atoms with Gasteiger partial charge in [-0.15, -0.1) is 0 Å². The van der Waals surface area contributed by atoms with Gasteiger partial charge < -0.3 is 35.5 Å². The van der Waals surface area contributed by atoms with Crippen LogP contribution in [-0.2, 0) is 19.6 Å². The highest BCUT2D eigenvalue weighted by Crippen LogP contribution is 2.44. The van der Waals surface area contributed by atoms with Crippen molar-refractivity contribution >= 4 is 28.7 Å². The van der Waals surface area contributed by atoms with Crippen LogP contribution in [0.4, 0.5) is 16.3 Å². The zero-order valence-corrected chi connectivity index (χ0v) is 25.6. The number of nitrogen functional groups attached to an aromatic ring is 1. The Balaban J connectivity index is 1.17. The lowest BCUT2D eigenvalue weighted by molar-refractivity contribution is -0.197. The van der Waals surface area contributed by atoms with Crippen LogP contribution in [0.25, 0.3) is 11.2 Å². The smallest absolute Gasteiger partial charge is 0.319 e. The Bertz CT molecular complexity index is 1390. The summed E-state index contributed by atoms with van der Waals surface area (Å²) in [6.07, 6.45) is 3.39. The summed E-state index contributed by atoms with van der Waals surface area (Å²) in [7, 11) is 2.05. The van der Waals surface area contributed by atoms with E-state index in [0.29, 0.717) is 23.5 Å². The van der Waals surface area contributed by atoms with E-state index < -0.39 is 12.0 Å². The maximum absolute atomic E-state index is 12.7. The topological polar surface area (TPSA) is 142 Å². The number of fused-ring (bicyclic) bond motifs is 2. The van der Waals surface area contributed by atoms with E-state index >= 15 is 0 Å². The van der Waals surface area contributed by atoms with Crippen molar-refractivity contribution < 1.29 is 19.0 Å². The van der Waals surface area contributed by atoms with Gasteiger partial charge in [-0.1, -0.05) is 39.8 Å². The fraction of sp³-hybridized carbons (Fsp3) is 0.600. The van der Waals surface area contributed by atoms with Gasteiger partial charge in [0.15, 0.2) is 23.5 Å². The molecule has 2 fully saturated rings. The Hall–Kier alpha value is -3.32. The van der Waals surface area contributed by atoms with Crippen molar-refractivity contribution in [2.24, 2.45) is 0 Å². The number of nitrogens with two attached hydrogens (primary N) is 1. The molecular weight excluding hydrogens is 536 g/mol. The van der Waals surface area contributed by atoms with Crippen molar-refractivity contribution in [3.63, 3.8) is 0 Å². The summed E-state index contributed by atoms with van der Waals surface area (Å²) in [4.78, 5) is 27.8. The van der Waals surface area contributed by atoms with Gasteiger partial charge in [-0.3, -0.25) is 4.57 Å². The van der Waals surface area contributed by atoms with Gasteiger partial charge in [0.05, 0.1) is 6.33 Å². The first-order valence-corrected chi connectivity index (χ1v) is 14.7. The number of anilines is 2. The molecule has 1 aromatic carbocycles. The standard InChI is InChI=1S/C30H44N8O4/c1-8-19(35-28(39)36-20-11-9-18(10-12-20)29(2,3)4)13-14-37(7)15-21-23-24(42-30(5,6)41-23)27(40-21)38-17-34-22-25(31)32-16-33-26(22)38/h9-12,16-17,19,21,23-24,27H,8,13-15H2,1-7H3,(H2,31,32,33)(H2,35,36,39). The Labute approximate surface area is 247 Å². The van der Waals surface area contributed by atoms with Crippen LogP contribution in [0.5, 0.6) is 0 Å². The Morgan fingerprint density at radius 3 is 2.55 bits per heavy atom. The maximum atomic E-state index is 12.7. The summed E-state index contributed by atoms with van der Waals surface area (Å²) in [5.41, 5.74) is 9.19. The van der Waals surface area contributed by atoms with Crippen LogP contribution in [0.2, 0.25) is 0 Å². The SMILES string of the molecule is CCC(CCN(C)CC1OC(n2cnc3c(N)ncnc32)C2OC(C)(C)OC12)NC(=O)Nc1ccc(C(C)(C)C)cc1. The summed E-state index contributed by atoms with van der Waals surface area (Å²) in [5.74, 6) is -0.421. The number of hydrogen-bond acceptors (Lipinski definition) is 9. The number of rotatable bonds is 9. The molecule has 4 heterocycles. The molecule has 4 N–H and O–H groups in total. The van der Waals surface area contributed by atoms with Gasteiger partial charge in [-0.05, 0) is 63.4 Å². The molecule has 12 nitrogen and oxygen atoms in total. The van der Waals surface area contributed by atoms with Crippen LogP contribution in [0.15, 0.2) is 36.9 Å². The first-order valence-electron chi connectivity index (χ1n) is 14.7. The lowest BCUT2D eigenvalue weighted by Gasteiger charge is -2.28. The van der Waals surface area contributed by atoms with Crippen LogP contribution in [0, 0.1) is 0 Å². The molecule has 2 aromatic heterocycles. The van der Waals surface area contributed by atoms with Crippen LogP contribution < -0.4 is 16.4 Å². The third-order valence-electron chi connectivity index (χ3n) is 7.97. The minimum absolute atomic E-state index is 0.0266. The highest BCUT2D eigenvalue weighted by atomic mass is 16.8. The summed E-state index contributed by atoms with van der Waals surface area (Å²) in [6.45, 7) is 13.8. The van der Waals surface area contributed by atoms with Crippen molar-refractivity contribution in [3.8, 4) is 0 Å². The predicted octanol–water partition coefficient (Wildman–Crippen LogP) is 4.05. The molecule has 0 aliphatic carbocycles. The number of benzene rings is 1. The van der Waals surface area contributed by atoms with E-state index in [1.54, 1.807) is 6.33 Å². The average molecular weight is 581 g/mol. The number of nitrogens with one attached hydrogen (secondary N) is 2. The van der Waals surface area contributed by atoms with E-state index in [9.17, 15) is 4.79 Å². The molecule has 2 saturated heterocycles. The third kappa shape index (κ3) is 6.51. The number of amides is 2. The molecule has 42 heavy (non-hydrogen) atoms. The highest BCUT2D eigenvalue weighted by Gasteiger charge is 2.56. The normalized spacial score (nSPS) is 24.2. The van der Waals surface area contributed by atoms with Crippen molar-refractivity contribution in [1.82, 2.24) is 29.7 Å². The molecule has 5 unspecified atom stereocenters. The number of carbonyl (C=O) groups excluding carboxylic acids is 1. The van der Waals surface area contributed by atoms with Crippen molar-refractivity contribution in [2.75, 3.05) is 31.2 Å². The lowest BCUT2D eigenvalue weighted by atomic mass is 9.87. The van der Waals surface area contributed by atoms with Crippen LogP contribution in [0.1, 0.15) is 66.2 Å². The van der Waals surface area contributed by atoms with E-state index in [1.807, 2.05) is 30.5 Å². The first-order chi connectivity index (χ1) is 19.8. The van der Waals surface area contributed by atoms with Gasteiger partial charge in [-0.2, -0.15) is 0 Å². The van der Waals surface area contributed by atoms with Crippen LogP contribution >= 0.6 is 0 Å². The third-order valence-corrected chi connectivity index (χ3v) is 7.97. The zero-order chi connectivity index (χ0) is 30.2. The van der Waals surface area contributed by atoms with Gasteiger partial charge >= 0.3 is 6.03 Å². The summed E-state index contributed by atoms with van der Waals surface area (Å²) in [5, 5.41) is 6.08. The molecule has 0 saturated carbocycles. The molecule has 2 amide bonds. The fourth-order valence-corrected chi connectivity index (χ4v) is 5.65. The number of imidazole rings is 1. The van der Waals surface area contributed by atoms with E-state index in [-0.39, 0.29) is 35.8 Å². The molecule has 0 bridgehead atoms. The second kappa shape index (κ2) is 11.8. The van der Waals surface area contributed by atoms with E-state index in [1.165, 1.54) is 11.9 Å². The van der Waals surface area contributed by atoms with Crippen molar-refractivity contribution in [2.45, 2.75) is 96.2 Å². The molecule has 5 rings (SSSR count). The van der Waals surface area contributed by atoms with E-state index in [2.05, 4.69) is 77.4 Å². The van der Waals surface area contributed by atoms with Gasteiger partial charge in [-0.25, -0.2) is 19.7 Å². The number of carbonyl (C=O) groups is 1. The number of aromatic nitrogens is 4. The largest absolute Gasteiger partial charge is 0.382 e. The Kier molecular flexibility index (Phi) is 8.44. The molecule has 5 atom stereocenters. The Morgan fingerprint density at radius 1 is 1.14 bits per heavy atom. The van der Waals surface area contributed by atoms with Gasteiger partial charge in [0.1, 0.15) is 30.2 Å². The fourth-order valence-electron chi connectivity index (χ4n) is 5.65. The highest BCUT2D eigenvalue weighted by molar-refractivity contribution is 5.89. The van der Waals surface area contributed by atoms with E-state index in [4.69, 9.17) is 19.9 Å². The number of urea groups is 1. The Morgan fingerprint density at radius 2 is 1.86 bits per heavy atom. The molecular formula is C30H44N8O4. The van der Waals surface area contributed by atoms with E-state index in [0.717, 1.165) is 25.1 Å². The second-order valence-corrected chi connectivity index (χ2v) is 12.8. The van der Waals surface area contributed by atoms with Crippen LogP contribution in [-0.4, -0.2) is 80.7 Å². The number of nitrogens with zero attached hydrogens (tertiary/aromatic N) is 5. The number of likely N-dealkylation sites (N-methyl/N-ethyl adjacent to an activating group) is 1. The predicted molar refractivity (Wildman–Crippen MR) is 161 cm³/mol. The molecule has 12 heteroatoms. The van der Waals surface area contributed by atoms with Gasteiger partial charge in [0, 0.05) is 18.3 Å². The quantitative estimate of drug-likeness (QED) is 0.342. The van der Waals surface area contributed by atoms with Crippen molar-refractivity contribution in [3.05, 3.63) is 42.5 Å². The van der Waals surface area contributed by atoms with Crippen LogP contribution in [0.3, 0.4) is 0 Å². The van der Waals surface area contributed by atoms with Gasteiger partial charge in [0.25, 0.3) is 0 Å². The summed E-state index contributed by atoms with van der Waals surface area (Å²) >= 11 is 0. The molecule has 2 aliphatic rings. The lowest BCUT2D eigenvalue weighted by Crippen LogP contribution is -2.42. The summed E-state index contributed by atoms with van der Waals surface area (Å²) in [6, 6.07) is 7.83. The average Bonchev–Trinajstić information content (AvgIpc) is 3.58. The maximum Gasteiger partial charge on any atom is 0.319 e. The van der Waals surface area contributed by atoms with Crippen molar-refractivity contribution in [1.29, 1.82) is 0 Å².